The lowest BCUT2D eigenvalue weighted by molar-refractivity contribution is -0.136. The van der Waals surface area contributed by atoms with Crippen molar-refractivity contribution in [2.45, 2.75) is 13.0 Å². The lowest BCUT2D eigenvalue weighted by Crippen LogP contribution is -2.36. The largest absolute Gasteiger partial charge is 0.461 e. The maximum atomic E-state index is 12.6. The summed E-state index contributed by atoms with van der Waals surface area (Å²) in [6, 6.07) is 3.49. The van der Waals surface area contributed by atoms with Crippen molar-refractivity contribution in [2.75, 3.05) is 11.5 Å². The van der Waals surface area contributed by atoms with Crippen LogP contribution >= 0.6 is 23.2 Å². The third-order valence-corrected chi connectivity index (χ3v) is 4.10. The summed E-state index contributed by atoms with van der Waals surface area (Å²) in [5.41, 5.74) is 2.63. The minimum Gasteiger partial charge on any atom is -0.461 e. The smallest absolute Gasteiger partial charge is 0.355 e. The number of nitrogens with one attached hydrogen (secondary N) is 1. The molecule has 0 saturated carbocycles. The van der Waals surface area contributed by atoms with Gasteiger partial charge in [-0.25, -0.2) is 9.69 Å². The summed E-state index contributed by atoms with van der Waals surface area (Å²) in [5.74, 6) is -2.86. The van der Waals surface area contributed by atoms with Gasteiger partial charge >= 0.3 is 5.97 Å². The molecular weight excluding hydrogens is 345 g/mol. The van der Waals surface area contributed by atoms with Gasteiger partial charge in [-0.1, -0.05) is 23.2 Å². The highest BCUT2D eigenvalue weighted by atomic mass is 35.5. The lowest BCUT2D eigenvalue weighted by Gasteiger charge is -2.17. The topological polar surface area (TPSA) is 88.1 Å². The molecular formula is C14H11Cl2N3O4. The molecule has 1 saturated heterocycles. The zero-order valence-electron chi connectivity index (χ0n) is 11.9. The third kappa shape index (κ3) is 2.46. The van der Waals surface area contributed by atoms with E-state index in [9.17, 15) is 14.4 Å². The van der Waals surface area contributed by atoms with Crippen LogP contribution in [0.25, 0.3) is 0 Å². The molecule has 3 rings (SSSR count). The van der Waals surface area contributed by atoms with Gasteiger partial charge in [-0.15, -0.1) is 0 Å². The van der Waals surface area contributed by atoms with Gasteiger partial charge in [0.15, 0.2) is 5.71 Å². The number of benzene rings is 1. The van der Waals surface area contributed by atoms with Crippen molar-refractivity contribution < 1.29 is 19.1 Å². The molecule has 0 radical (unpaired) electrons. The van der Waals surface area contributed by atoms with Crippen LogP contribution < -0.4 is 10.3 Å². The first-order valence-corrected chi connectivity index (χ1v) is 7.54. The van der Waals surface area contributed by atoms with Crippen molar-refractivity contribution in [2.24, 2.45) is 11.0 Å². The second-order valence-electron chi connectivity index (χ2n) is 4.91. The average molecular weight is 356 g/mol. The van der Waals surface area contributed by atoms with E-state index >= 15 is 0 Å². The van der Waals surface area contributed by atoms with Crippen LogP contribution in [0, 0.1) is 5.92 Å². The molecule has 0 spiro atoms. The minimum absolute atomic E-state index is 0.109. The summed E-state index contributed by atoms with van der Waals surface area (Å²) in [4.78, 5) is 37.9. The number of hydrogen-bond acceptors (Lipinski definition) is 6. The Labute approximate surface area is 141 Å². The molecule has 23 heavy (non-hydrogen) atoms. The molecule has 1 N–H and O–H groups in total. The first kappa shape index (κ1) is 15.8. The molecule has 9 heteroatoms. The van der Waals surface area contributed by atoms with Crippen LogP contribution in [0.3, 0.4) is 0 Å². The molecule has 0 aromatic heterocycles. The zero-order valence-corrected chi connectivity index (χ0v) is 13.4. The average Bonchev–Trinajstić information content (AvgIpc) is 3.02. The van der Waals surface area contributed by atoms with E-state index in [0.717, 1.165) is 4.90 Å². The Hall–Kier alpha value is -2.12. The number of carbonyl (C=O) groups excluding carboxylic acids is 3. The van der Waals surface area contributed by atoms with Crippen LogP contribution in [0.1, 0.15) is 6.92 Å². The Kier molecular flexibility index (Phi) is 3.99. The standard InChI is InChI=1S/C14H11Cl2N3O4/c1-2-23-14(22)11-9-10(17-18-11)13(21)19(12(9)20)8-4-3-6(15)5-7(8)16/h3-5,9-10,17H,2H2,1H3/t9-,10-/m0/s1. The number of halogens is 2. The van der Waals surface area contributed by atoms with Gasteiger partial charge in [-0.3, -0.25) is 15.0 Å². The van der Waals surface area contributed by atoms with E-state index in [2.05, 4.69) is 10.5 Å². The highest BCUT2D eigenvalue weighted by molar-refractivity contribution is 6.47. The summed E-state index contributed by atoms with van der Waals surface area (Å²) in [6.45, 7) is 1.78. The number of fused-ring (bicyclic) bond motifs is 1. The van der Waals surface area contributed by atoms with Gasteiger partial charge in [0.1, 0.15) is 12.0 Å². The van der Waals surface area contributed by atoms with E-state index in [1.807, 2.05) is 0 Å². The monoisotopic (exact) mass is 355 g/mol. The Bertz CT molecular complexity index is 750. The predicted octanol–water partition coefficient (Wildman–Crippen LogP) is 1.37. The number of rotatable bonds is 3. The van der Waals surface area contributed by atoms with Gasteiger partial charge in [-0.05, 0) is 25.1 Å². The quantitative estimate of drug-likeness (QED) is 0.653. The summed E-state index contributed by atoms with van der Waals surface area (Å²) in [5, 5.41) is 4.31. The minimum atomic E-state index is -1.02. The Balaban J connectivity index is 1.95. The van der Waals surface area contributed by atoms with E-state index in [1.54, 1.807) is 6.92 Å². The molecule has 2 amide bonds. The van der Waals surface area contributed by atoms with Crippen molar-refractivity contribution in [3.8, 4) is 0 Å². The summed E-state index contributed by atoms with van der Waals surface area (Å²) in [7, 11) is 0. The van der Waals surface area contributed by atoms with Gasteiger partial charge < -0.3 is 4.74 Å². The van der Waals surface area contributed by atoms with Crippen LogP contribution in [0.4, 0.5) is 5.69 Å². The van der Waals surface area contributed by atoms with E-state index < -0.39 is 29.7 Å². The second-order valence-corrected chi connectivity index (χ2v) is 5.75. The van der Waals surface area contributed by atoms with Gasteiger partial charge in [-0.2, -0.15) is 5.10 Å². The zero-order chi connectivity index (χ0) is 16.7. The number of ether oxygens (including phenoxy) is 1. The van der Waals surface area contributed by atoms with Gasteiger partial charge in [0, 0.05) is 5.02 Å². The number of esters is 1. The van der Waals surface area contributed by atoms with Crippen molar-refractivity contribution in [3.63, 3.8) is 0 Å². The van der Waals surface area contributed by atoms with E-state index in [0.29, 0.717) is 5.02 Å². The highest BCUT2D eigenvalue weighted by Gasteiger charge is 2.56. The number of imide groups is 1. The highest BCUT2D eigenvalue weighted by Crippen LogP contribution is 2.35. The molecule has 2 heterocycles. The molecule has 7 nitrogen and oxygen atoms in total. The molecule has 1 aromatic carbocycles. The molecule has 2 aliphatic rings. The Morgan fingerprint density at radius 2 is 2.09 bits per heavy atom. The second kappa shape index (κ2) is 5.82. The Morgan fingerprint density at radius 1 is 1.35 bits per heavy atom. The van der Waals surface area contributed by atoms with Crippen LogP contribution in [0.2, 0.25) is 10.0 Å². The van der Waals surface area contributed by atoms with Crippen molar-refractivity contribution in [3.05, 3.63) is 28.2 Å². The molecule has 0 unspecified atom stereocenters. The molecule has 1 aromatic rings. The maximum absolute atomic E-state index is 12.6. The number of carbonyl (C=O) groups is 3. The maximum Gasteiger partial charge on any atom is 0.355 e. The van der Waals surface area contributed by atoms with E-state index in [4.69, 9.17) is 27.9 Å². The van der Waals surface area contributed by atoms with Crippen LogP contribution in [-0.2, 0) is 19.1 Å². The first-order valence-electron chi connectivity index (χ1n) is 6.78. The van der Waals surface area contributed by atoms with Crippen molar-refractivity contribution in [1.29, 1.82) is 0 Å². The fraction of sp³-hybridized carbons (Fsp3) is 0.286. The number of anilines is 1. The van der Waals surface area contributed by atoms with E-state index in [-0.39, 0.29) is 23.0 Å². The SMILES string of the molecule is CCOC(=O)C1=NN[C@@H]2C(=O)N(c3ccc(Cl)cc3Cl)C(=O)[C@H]12. The predicted molar refractivity (Wildman–Crippen MR) is 83.4 cm³/mol. The third-order valence-electron chi connectivity index (χ3n) is 3.56. The number of nitrogens with zero attached hydrogens (tertiary/aromatic N) is 2. The summed E-state index contributed by atoms with van der Waals surface area (Å²) < 4.78 is 4.86. The fourth-order valence-electron chi connectivity index (χ4n) is 2.56. The number of hydrogen-bond donors (Lipinski definition) is 1. The van der Waals surface area contributed by atoms with Crippen LogP contribution in [0.15, 0.2) is 23.3 Å². The van der Waals surface area contributed by atoms with Gasteiger partial charge in [0.05, 0.1) is 17.3 Å². The number of hydrazone groups is 1. The molecule has 1 fully saturated rings. The van der Waals surface area contributed by atoms with Crippen LogP contribution in [-0.4, -0.2) is 36.1 Å². The van der Waals surface area contributed by atoms with Crippen molar-refractivity contribution >= 4 is 52.4 Å². The van der Waals surface area contributed by atoms with Gasteiger partial charge in [0.25, 0.3) is 5.91 Å². The molecule has 2 aliphatic heterocycles. The van der Waals surface area contributed by atoms with Crippen LogP contribution in [0.5, 0.6) is 0 Å². The lowest BCUT2D eigenvalue weighted by atomic mass is 9.99. The molecule has 120 valence electrons. The molecule has 0 aliphatic carbocycles. The van der Waals surface area contributed by atoms with Crippen molar-refractivity contribution in [1.82, 2.24) is 5.43 Å². The first-order chi connectivity index (χ1) is 11.0. The van der Waals surface area contributed by atoms with E-state index in [1.165, 1.54) is 18.2 Å². The Morgan fingerprint density at radius 3 is 2.74 bits per heavy atom. The fourth-order valence-corrected chi connectivity index (χ4v) is 3.06. The molecule has 0 bridgehead atoms. The normalized spacial score (nSPS) is 22.7. The molecule has 2 atom stereocenters. The van der Waals surface area contributed by atoms with Gasteiger partial charge in [0.2, 0.25) is 5.91 Å². The summed E-state index contributed by atoms with van der Waals surface area (Å²) in [6.07, 6.45) is 0. The number of amides is 2. The summed E-state index contributed by atoms with van der Waals surface area (Å²) >= 11 is 11.9.